The van der Waals surface area contributed by atoms with Crippen LogP contribution in [-0.2, 0) is 6.54 Å². The fraction of sp³-hybridized carbons (Fsp3) is 0.600. The van der Waals surface area contributed by atoms with Gasteiger partial charge in [0.05, 0.1) is 0 Å². The molecule has 3 unspecified atom stereocenters. The van der Waals surface area contributed by atoms with Crippen LogP contribution >= 0.6 is 0 Å². The van der Waals surface area contributed by atoms with Crippen LogP contribution in [0.4, 0.5) is 0 Å². The van der Waals surface area contributed by atoms with Crippen LogP contribution in [0.25, 0.3) is 0 Å². The highest BCUT2D eigenvalue weighted by Crippen LogP contribution is 2.28. The van der Waals surface area contributed by atoms with E-state index in [4.69, 9.17) is 0 Å². The molecule has 1 saturated carbocycles. The molecule has 0 bridgehead atoms. The van der Waals surface area contributed by atoms with Gasteiger partial charge in [-0.2, -0.15) is 0 Å². The number of phenolic OH excluding ortho intramolecular Hbond substituents is 1. The van der Waals surface area contributed by atoms with Crippen molar-refractivity contribution in [3.63, 3.8) is 0 Å². The summed E-state index contributed by atoms with van der Waals surface area (Å²) in [5.74, 6) is 1.99. The minimum absolute atomic E-state index is 0.356. The molecule has 1 aromatic carbocycles. The normalized spacial score (nSPS) is 29.2. The lowest BCUT2D eigenvalue weighted by molar-refractivity contribution is 0.227. The SMILES string of the molecule is CC1CCC(NCc2cccc(O)c2)C(C)C1. The Kier molecular flexibility index (Phi) is 4.06. The average Bonchev–Trinajstić information content (AvgIpc) is 2.28. The Morgan fingerprint density at radius 3 is 2.82 bits per heavy atom. The molecule has 0 heterocycles. The highest BCUT2D eigenvalue weighted by molar-refractivity contribution is 5.26. The van der Waals surface area contributed by atoms with Gasteiger partial charge in [-0.25, -0.2) is 0 Å². The van der Waals surface area contributed by atoms with Gasteiger partial charge < -0.3 is 10.4 Å². The second-order valence-electron chi connectivity index (χ2n) is 5.55. The summed E-state index contributed by atoms with van der Waals surface area (Å²) in [6.45, 7) is 5.55. The molecule has 0 aliphatic heterocycles. The number of aromatic hydroxyl groups is 1. The van der Waals surface area contributed by atoms with Crippen molar-refractivity contribution in [3.8, 4) is 5.75 Å². The molecule has 0 spiro atoms. The number of nitrogens with one attached hydrogen (secondary N) is 1. The molecule has 2 heteroatoms. The lowest BCUT2D eigenvalue weighted by Crippen LogP contribution is -2.38. The molecule has 94 valence electrons. The molecular formula is C15H23NO. The van der Waals surface area contributed by atoms with Gasteiger partial charge in [0.1, 0.15) is 5.75 Å². The Labute approximate surface area is 104 Å². The minimum Gasteiger partial charge on any atom is -0.508 e. The first-order chi connectivity index (χ1) is 8.15. The summed E-state index contributed by atoms with van der Waals surface area (Å²) in [4.78, 5) is 0. The second kappa shape index (κ2) is 5.54. The smallest absolute Gasteiger partial charge is 0.115 e. The number of rotatable bonds is 3. The van der Waals surface area contributed by atoms with Crippen LogP contribution in [0.5, 0.6) is 5.75 Å². The summed E-state index contributed by atoms with van der Waals surface area (Å²) < 4.78 is 0. The van der Waals surface area contributed by atoms with Gasteiger partial charge in [0, 0.05) is 12.6 Å². The fourth-order valence-electron chi connectivity index (χ4n) is 2.88. The maximum Gasteiger partial charge on any atom is 0.115 e. The molecular weight excluding hydrogens is 210 g/mol. The summed E-state index contributed by atoms with van der Waals surface area (Å²) in [7, 11) is 0. The maximum atomic E-state index is 9.41. The Morgan fingerprint density at radius 1 is 1.29 bits per heavy atom. The minimum atomic E-state index is 0.356. The maximum absolute atomic E-state index is 9.41. The lowest BCUT2D eigenvalue weighted by atomic mass is 9.80. The van der Waals surface area contributed by atoms with Crippen LogP contribution in [0.1, 0.15) is 38.7 Å². The van der Waals surface area contributed by atoms with Crippen LogP contribution in [0.15, 0.2) is 24.3 Å². The van der Waals surface area contributed by atoms with Crippen molar-refractivity contribution in [1.82, 2.24) is 5.32 Å². The number of hydrogen-bond acceptors (Lipinski definition) is 2. The van der Waals surface area contributed by atoms with Crippen LogP contribution in [0.3, 0.4) is 0 Å². The van der Waals surface area contributed by atoms with E-state index < -0.39 is 0 Å². The zero-order chi connectivity index (χ0) is 12.3. The largest absolute Gasteiger partial charge is 0.508 e. The van der Waals surface area contributed by atoms with Crippen LogP contribution < -0.4 is 5.32 Å². The third-order valence-corrected chi connectivity index (χ3v) is 3.91. The molecule has 2 rings (SSSR count). The molecule has 1 aliphatic carbocycles. The highest BCUT2D eigenvalue weighted by Gasteiger charge is 2.24. The first-order valence-electron chi connectivity index (χ1n) is 6.66. The van der Waals surface area contributed by atoms with E-state index in [9.17, 15) is 5.11 Å². The van der Waals surface area contributed by atoms with Crippen LogP contribution in [0.2, 0.25) is 0 Å². The monoisotopic (exact) mass is 233 g/mol. The van der Waals surface area contributed by atoms with Gasteiger partial charge in [-0.15, -0.1) is 0 Å². The van der Waals surface area contributed by atoms with Crippen molar-refractivity contribution >= 4 is 0 Å². The van der Waals surface area contributed by atoms with Gasteiger partial charge in [0.2, 0.25) is 0 Å². The highest BCUT2D eigenvalue weighted by atomic mass is 16.3. The summed E-state index contributed by atoms with van der Waals surface area (Å²) in [5.41, 5.74) is 1.16. The van der Waals surface area contributed by atoms with E-state index in [1.54, 1.807) is 6.07 Å². The first kappa shape index (κ1) is 12.4. The number of phenols is 1. The van der Waals surface area contributed by atoms with E-state index in [-0.39, 0.29) is 0 Å². The zero-order valence-electron chi connectivity index (χ0n) is 10.8. The van der Waals surface area contributed by atoms with Crippen molar-refractivity contribution in [2.24, 2.45) is 11.8 Å². The summed E-state index contributed by atoms with van der Waals surface area (Å²) in [5, 5.41) is 13.0. The Balaban J connectivity index is 1.86. The Morgan fingerprint density at radius 2 is 2.12 bits per heavy atom. The van der Waals surface area contributed by atoms with Crippen LogP contribution in [-0.4, -0.2) is 11.1 Å². The molecule has 0 saturated heterocycles. The molecule has 0 radical (unpaired) electrons. The van der Waals surface area contributed by atoms with E-state index >= 15 is 0 Å². The third kappa shape index (κ3) is 3.47. The number of hydrogen-bond donors (Lipinski definition) is 2. The molecule has 2 N–H and O–H groups in total. The van der Waals surface area contributed by atoms with E-state index in [0.29, 0.717) is 11.8 Å². The van der Waals surface area contributed by atoms with Crippen molar-refractivity contribution < 1.29 is 5.11 Å². The molecule has 0 aromatic heterocycles. The zero-order valence-corrected chi connectivity index (χ0v) is 10.8. The summed E-state index contributed by atoms with van der Waals surface area (Å²) in [6.07, 6.45) is 3.95. The van der Waals surface area contributed by atoms with Crippen molar-refractivity contribution in [2.45, 2.75) is 45.7 Å². The molecule has 1 aliphatic rings. The fourth-order valence-corrected chi connectivity index (χ4v) is 2.88. The lowest BCUT2D eigenvalue weighted by Gasteiger charge is -2.33. The van der Waals surface area contributed by atoms with Crippen LogP contribution in [0, 0.1) is 11.8 Å². The van der Waals surface area contributed by atoms with Crippen molar-refractivity contribution in [2.75, 3.05) is 0 Å². The standard InChI is InChI=1S/C15H23NO/c1-11-6-7-15(12(2)8-11)16-10-13-4-3-5-14(17)9-13/h3-5,9,11-12,15-17H,6-8,10H2,1-2H3. The van der Waals surface area contributed by atoms with Crippen molar-refractivity contribution in [3.05, 3.63) is 29.8 Å². The van der Waals surface area contributed by atoms with Gasteiger partial charge in [-0.3, -0.25) is 0 Å². The first-order valence-corrected chi connectivity index (χ1v) is 6.66. The summed E-state index contributed by atoms with van der Waals surface area (Å²) >= 11 is 0. The van der Waals surface area contributed by atoms with E-state index in [0.717, 1.165) is 23.9 Å². The topological polar surface area (TPSA) is 32.3 Å². The quantitative estimate of drug-likeness (QED) is 0.839. The summed E-state index contributed by atoms with van der Waals surface area (Å²) in [6, 6.07) is 8.15. The van der Waals surface area contributed by atoms with E-state index in [2.05, 4.69) is 25.2 Å². The second-order valence-corrected chi connectivity index (χ2v) is 5.55. The van der Waals surface area contributed by atoms with Gasteiger partial charge >= 0.3 is 0 Å². The predicted molar refractivity (Wildman–Crippen MR) is 70.9 cm³/mol. The molecule has 17 heavy (non-hydrogen) atoms. The van der Waals surface area contributed by atoms with Gasteiger partial charge in [0.25, 0.3) is 0 Å². The molecule has 1 aromatic rings. The third-order valence-electron chi connectivity index (χ3n) is 3.91. The van der Waals surface area contributed by atoms with E-state index in [1.165, 1.54) is 19.3 Å². The number of benzene rings is 1. The molecule has 0 amide bonds. The predicted octanol–water partition coefficient (Wildman–Crippen LogP) is 3.31. The van der Waals surface area contributed by atoms with Gasteiger partial charge in [-0.05, 0) is 48.8 Å². The average molecular weight is 233 g/mol. The van der Waals surface area contributed by atoms with Crippen molar-refractivity contribution in [1.29, 1.82) is 0 Å². The molecule has 2 nitrogen and oxygen atoms in total. The molecule has 3 atom stereocenters. The van der Waals surface area contributed by atoms with Gasteiger partial charge in [-0.1, -0.05) is 26.0 Å². The van der Waals surface area contributed by atoms with Gasteiger partial charge in [0.15, 0.2) is 0 Å². The Bertz CT molecular complexity index is 364. The molecule has 1 fully saturated rings. The van der Waals surface area contributed by atoms with E-state index in [1.807, 2.05) is 12.1 Å². The Hall–Kier alpha value is -1.02.